The third-order valence-electron chi connectivity index (χ3n) is 4.00. The predicted octanol–water partition coefficient (Wildman–Crippen LogP) is 0.200. The molecule has 2 aromatic heterocycles. The van der Waals surface area contributed by atoms with E-state index < -0.39 is 10.0 Å². The van der Waals surface area contributed by atoms with Gasteiger partial charge in [0.2, 0.25) is 10.0 Å². The van der Waals surface area contributed by atoms with Gasteiger partial charge in [0.15, 0.2) is 5.69 Å². The van der Waals surface area contributed by atoms with E-state index in [2.05, 4.69) is 20.6 Å². The van der Waals surface area contributed by atoms with Crippen LogP contribution in [0.1, 0.15) is 35.4 Å². The number of nitrogens with one attached hydrogen (secondary N) is 1. The predicted molar refractivity (Wildman–Crippen MR) is 90.1 cm³/mol. The highest BCUT2D eigenvalue weighted by molar-refractivity contribution is 7.89. The summed E-state index contributed by atoms with van der Waals surface area (Å²) in [6.45, 7) is 2.94. The molecule has 0 saturated carbocycles. The molecule has 0 atom stereocenters. The Morgan fingerprint density at radius 1 is 1.32 bits per heavy atom. The fourth-order valence-corrected chi connectivity index (χ4v) is 4.10. The Morgan fingerprint density at radius 3 is 2.72 bits per heavy atom. The van der Waals surface area contributed by atoms with Gasteiger partial charge in [-0.15, -0.1) is 5.10 Å². The van der Waals surface area contributed by atoms with Crippen LogP contribution in [0, 0.1) is 0 Å². The van der Waals surface area contributed by atoms with Crippen LogP contribution < -0.4 is 5.32 Å². The Labute approximate surface area is 146 Å². The van der Waals surface area contributed by atoms with Crippen molar-refractivity contribution in [1.82, 2.24) is 29.6 Å². The quantitative estimate of drug-likeness (QED) is 0.751. The molecule has 134 valence electrons. The molecule has 1 N–H and O–H groups in total. The topological polar surface area (TPSA) is 110 Å². The average molecular weight is 364 g/mol. The van der Waals surface area contributed by atoms with Gasteiger partial charge >= 0.3 is 0 Å². The van der Waals surface area contributed by atoms with E-state index in [1.165, 1.54) is 4.31 Å². The van der Waals surface area contributed by atoms with Gasteiger partial charge in [-0.25, -0.2) is 13.1 Å². The molecular weight excluding hydrogens is 344 g/mol. The van der Waals surface area contributed by atoms with Crippen molar-refractivity contribution in [3.05, 3.63) is 42.0 Å². The van der Waals surface area contributed by atoms with Crippen molar-refractivity contribution in [1.29, 1.82) is 0 Å². The van der Waals surface area contributed by atoms with Crippen LogP contribution in [0.5, 0.6) is 0 Å². The van der Waals surface area contributed by atoms with E-state index in [-0.39, 0.29) is 23.4 Å². The summed E-state index contributed by atoms with van der Waals surface area (Å²) >= 11 is 0. The van der Waals surface area contributed by atoms with E-state index in [1.807, 2.05) is 19.1 Å². The molecule has 9 nitrogen and oxygen atoms in total. The van der Waals surface area contributed by atoms with Crippen molar-refractivity contribution in [2.45, 2.75) is 25.9 Å². The molecule has 3 heterocycles. The number of carbonyl (C=O) groups excluding carboxylic acids is 1. The monoisotopic (exact) mass is 364 g/mol. The first-order chi connectivity index (χ1) is 12.0. The van der Waals surface area contributed by atoms with Gasteiger partial charge in [0.25, 0.3) is 5.91 Å². The molecule has 0 bridgehead atoms. The standard InChI is InChI=1S/C15H20N6O3S/c1-2-7-25(23,24)20-9-13(10-20)21-11-14(18-19-21)15(22)17-8-12-3-5-16-6-4-12/h3-6,11,13H,2,7-10H2,1H3,(H,17,22). The van der Waals surface area contributed by atoms with Gasteiger partial charge in [-0.1, -0.05) is 12.1 Å². The van der Waals surface area contributed by atoms with E-state index in [9.17, 15) is 13.2 Å². The Hall–Kier alpha value is -2.33. The van der Waals surface area contributed by atoms with Gasteiger partial charge in [0, 0.05) is 32.0 Å². The lowest BCUT2D eigenvalue weighted by atomic mass is 10.2. The Kier molecular flexibility index (Phi) is 5.09. The third-order valence-corrected chi connectivity index (χ3v) is 6.01. The number of hydrogen-bond acceptors (Lipinski definition) is 6. The highest BCUT2D eigenvalue weighted by Crippen LogP contribution is 2.24. The largest absolute Gasteiger partial charge is 0.347 e. The van der Waals surface area contributed by atoms with Crippen LogP contribution in [0.4, 0.5) is 0 Å². The summed E-state index contributed by atoms with van der Waals surface area (Å²) in [5.74, 6) is -0.169. The number of aromatic nitrogens is 4. The lowest BCUT2D eigenvalue weighted by Crippen LogP contribution is -2.51. The molecular formula is C15H20N6O3S. The van der Waals surface area contributed by atoms with E-state index >= 15 is 0 Å². The maximum Gasteiger partial charge on any atom is 0.273 e. The molecule has 0 aliphatic carbocycles. The zero-order valence-electron chi connectivity index (χ0n) is 13.9. The third kappa shape index (κ3) is 4.02. The Bertz CT molecular complexity index is 830. The lowest BCUT2D eigenvalue weighted by Gasteiger charge is -2.37. The minimum atomic E-state index is -3.18. The summed E-state index contributed by atoms with van der Waals surface area (Å²) < 4.78 is 26.9. The zero-order chi connectivity index (χ0) is 17.9. The SMILES string of the molecule is CCCS(=O)(=O)N1CC(n2cc(C(=O)NCc3ccncc3)nn2)C1. The van der Waals surface area contributed by atoms with Crippen molar-refractivity contribution in [3.63, 3.8) is 0 Å². The average Bonchev–Trinajstić information content (AvgIpc) is 3.01. The van der Waals surface area contributed by atoms with E-state index in [0.717, 1.165) is 5.56 Å². The molecule has 1 aliphatic heterocycles. The summed E-state index contributed by atoms with van der Waals surface area (Å²) in [6, 6.07) is 3.55. The molecule has 1 fully saturated rings. The first kappa shape index (κ1) is 17.5. The number of hydrogen-bond donors (Lipinski definition) is 1. The van der Waals surface area contributed by atoms with Crippen molar-refractivity contribution in [2.24, 2.45) is 0 Å². The molecule has 25 heavy (non-hydrogen) atoms. The lowest BCUT2D eigenvalue weighted by molar-refractivity contribution is 0.0945. The first-order valence-corrected chi connectivity index (χ1v) is 9.67. The second-order valence-electron chi connectivity index (χ2n) is 5.91. The number of carbonyl (C=O) groups is 1. The van der Waals surface area contributed by atoms with Crippen molar-refractivity contribution in [2.75, 3.05) is 18.8 Å². The molecule has 2 aromatic rings. The zero-order valence-corrected chi connectivity index (χ0v) is 14.7. The van der Waals surface area contributed by atoms with E-state index in [0.29, 0.717) is 26.1 Å². The molecule has 0 unspecified atom stereocenters. The van der Waals surface area contributed by atoms with Crippen LogP contribution in [0.3, 0.4) is 0 Å². The Morgan fingerprint density at radius 2 is 2.04 bits per heavy atom. The van der Waals surface area contributed by atoms with Gasteiger partial charge in [0.05, 0.1) is 18.0 Å². The molecule has 1 saturated heterocycles. The summed E-state index contributed by atoms with van der Waals surface area (Å²) in [7, 11) is -3.18. The van der Waals surface area contributed by atoms with Gasteiger partial charge in [-0.2, -0.15) is 4.31 Å². The van der Waals surface area contributed by atoms with Crippen molar-refractivity contribution >= 4 is 15.9 Å². The van der Waals surface area contributed by atoms with Crippen LogP contribution in [0.2, 0.25) is 0 Å². The molecule has 1 amide bonds. The summed E-state index contributed by atoms with van der Waals surface area (Å²) in [5.41, 5.74) is 1.15. The summed E-state index contributed by atoms with van der Waals surface area (Å²) in [4.78, 5) is 16.0. The fraction of sp³-hybridized carbons (Fsp3) is 0.467. The molecule has 10 heteroatoms. The highest BCUT2D eigenvalue weighted by Gasteiger charge is 2.37. The van der Waals surface area contributed by atoms with Crippen LogP contribution in [-0.4, -0.2) is 57.5 Å². The Balaban J connectivity index is 1.54. The van der Waals surface area contributed by atoms with E-state index in [1.54, 1.807) is 23.3 Å². The minimum Gasteiger partial charge on any atom is -0.347 e. The molecule has 0 radical (unpaired) electrons. The number of sulfonamides is 1. The normalized spacial score (nSPS) is 15.7. The number of amides is 1. The maximum absolute atomic E-state index is 12.1. The maximum atomic E-state index is 12.1. The molecule has 1 aliphatic rings. The van der Waals surface area contributed by atoms with Crippen LogP contribution in [-0.2, 0) is 16.6 Å². The first-order valence-electron chi connectivity index (χ1n) is 8.06. The second-order valence-corrected chi connectivity index (χ2v) is 8.00. The van der Waals surface area contributed by atoms with Crippen molar-refractivity contribution < 1.29 is 13.2 Å². The smallest absolute Gasteiger partial charge is 0.273 e. The molecule has 3 rings (SSSR count). The summed E-state index contributed by atoms with van der Waals surface area (Å²) in [6.07, 6.45) is 5.46. The molecule has 0 spiro atoms. The van der Waals surface area contributed by atoms with Crippen LogP contribution in [0.15, 0.2) is 30.7 Å². The van der Waals surface area contributed by atoms with Gasteiger partial charge in [-0.05, 0) is 24.1 Å². The summed E-state index contributed by atoms with van der Waals surface area (Å²) in [5, 5.41) is 10.6. The number of pyridine rings is 1. The highest BCUT2D eigenvalue weighted by atomic mass is 32.2. The number of rotatable bonds is 7. The number of nitrogens with zero attached hydrogens (tertiary/aromatic N) is 5. The van der Waals surface area contributed by atoms with Gasteiger partial charge in [0.1, 0.15) is 0 Å². The minimum absolute atomic E-state index is 0.0825. The van der Waals surface area contributed by atoms with Gasteiger partial charge < -0.3 is 5.32 Å². The fourth-order valence-electron chi connectivity index (χ4n) is 2.53. The van der Waals surface area contributed by atoms with E-state index in [4.69, 9.17) is 0 Å². The van der Waals surface area contributed by atoms with Crippen molar-refractivity contribution in [3.8, 4) is 0 Å². The second kappa shape index (κ2) is 7.28. The molecule has 0 aromatic carbocycles. The van der Waals surface area contributed by atoms with Crippen LogP contribution in [0.25, 0.3) is 0 Å². The van der Waals surface area contributed by atoms with Gasteiger partial charge in [-0.3, -0.25) is 9.78 Å². The van der Waals surface area contributed by atoms with Crippen LogP contribution >= 0.6 is 0 Å².